The maximum absolute atomic E-state index is 12.0. The molecule has 0 unspecified atom stereocenters. The SMILES string of the molecule is CCC[C@H](CCO)NCC.COCCCOc1cc(C(=O)NC(C)C)ccc1OC. The van der Waals surface area contributed by atoms with Gasteiger partial charge in [0.15, 0.2) is 11.5 Å². The summed E-state index contributed by atoms with van der Waals surface area (Å²) in [5.41, 5.74) is 0.557. The summed E-state index contributed by atoms with van der Waals surface area (Å²) in [6.45, 7) is 10.6. The first-order valence-electron chi connectivity index (χ1n) is 10.9. The number of aliphatic hydroxyl groups excluding tert-OH is 1. The highest BCUT2D eigenvalue weighted by Gasteiger charge is 2.12. The number of aliphatic hydroxyl groups is 1. The lowest BCUT2D eigenvalue weighted by Gasteiger charge is -2.14. The summed E-state index contributed by atoms with van der Waals surface area (Å²) in [6.07, 6.45) is 4.04. The van der Waals surface area contributed by atoms with Crippen LogP contribution in [0.25, 0.3) is 0 Å². The Hall–Kier alpha value is -1.83. The van der Waals surface area contributed by atoms with Crippen LogP contribution in [-0.4, -0.2) is 63.7 Å². The van der Waals surface area contributed by atoms with Gasteiger partial charge in [0.05, 0.1) is 13.7 Å². The molecule has 0 fully saturated rings. The van der Waals surface area contributed by atoms with E-state index in [1.165, 1.54) is 12.8 Å². The lowest BCUT2D eigenvalue weighted by atomic mass is 10.1. The maximum atomic E-state index is 12.0. The van der Waals surface area contributed by atoms with Crippen molar-refractivity contribution in [1.29, 1.82) is 0 Å². The first-order valence-corrected chi connectivity index (χ1v) is 10.9. The fourth-order valence-corrected chi connectivity index (χ4v) is 2.80. The third-order valence-electron chi connectivity index (χ3n) is 4.20. The molecular formula is C23H42N2O5. The standard InChI is InChI=1S/C15H23NO4.C8H19NO/c1-11(2)16-15(17)12-6-7-13(19-4)14(10-12)20-9-5-8-18-3;1-3-5-8(6-7-10)9-4-2/h6-7,10-11H,5,8-9H2,1-4H3,(H,16,17);8-10H,3-7H2,1-2H3/t;8-/m.1/s1. The van der Waals surface area contributed by atoms with Crippen LogP contribution in [0.3, 0.4) is 0 Å². The Morgan fingerprint density at radius 3 is 2.37 bits per heavy atom. The first-order chi connectivity index (χ1) is 14.4. The van der Waals surface area contributed by atoms with Crippen LogP contribution in [-0.2, 0) is 4.74 Å². The van der Waals surface area contributed by atoms with Crippen LogP contribution in [0.5, 0.6) is 11.5 Å². The quantitative estimate of drug-likeness (QED) is 0.395. The topological polar surface area (TPSA) is 89.0 Å². The van der Waals surface area contributed by atoms with Crippen molar-refractivity contribution in [3.8, 4) is 11.5 Å². The molecule has 1 aromatic rings. The molecule has 0 aliphatic carbocycles. The number of nitrogens with one attached hydrogen (secondary N) is 2. The molecule has 0 saturated carbocycles. The summed E-state index contributed by atoms with van der Waals surface area (Å²) in [6, 6.07) is 5.78. The lowest BCUT2D eigenvalue weighted by molar-refractivity contribution is 0.0942. The Morgan fingerprint density at radius 1 is 1.10 bits per heavy atom. The third-order valence-corrected chi connectivity index (χ3v) is 4.20. The minimum Gasteiger partial charge on any atom is -0.493 e. The summed E-state index contributed by atoms with van der Waals surface area (Å²) in [4.78, 5) is 12.0. The van der Waals surface area contributed by atoms with Gasteiger partial charge in [0.2, 0.25) is 0 Å². The molecular weight excluding hydrogens is 384 g/mol. The van der Waals surface area contributed by atoms with Gasteiger partial charge < -0.3 is 30.0 Å². The molecule has 1 atom stereocenters. The molecule has 0 aliphatic heterocycles. The van der Waals surface area contributed by atoms with Crippen molar-refractivity contribution in [3.05, 3.63) is 23.8 Å². The van der Waals surface area contributed by atoms with Gasteiger partial charge in [0, 0.05) is 44.4 Å². The molecule has 0 radical (unpaired) electrons. The molecule has 174 valence electrons. The molecule has 30 heavy (non-hydrogen) atoms. The van der Waals surface area contributed by atoms with Gasteiger partial charge in [-0.15, -0.1) is 0 Å². The van der Waals surface area contributed by atoms with E-state index >= 15 is 0 Å². The summed E-state index contributed by atoms with van der Waals surface area (Å²) >= 11 is 0. The predicted octanol–water partition coefficient (Wildman–Crippen LogP) is 3.40. The van der Waals surface area contributed by atoms with Gasteiger partial charge in [-0.25, -0.2) is 0 Å². The van der Waals surface area contributed by atoms with Gasteiger partial charge in [-0.3, -0.25) is 4.79 Å². The van der Waals surface area contributed by atoms with Gasteiger partial charge >= 0.3 is 0 Å². The minimum atomic E-state index is -0.121. The molecule has 0 aromatic heterocycles. The Balaban J connectivity index is 0.000000710. The van der Waals surface area contributed by atoms with E-state index in [0.29, 0.717) is 42.9 Å². The summed E-state index contributed by atoms with van der Waals surface area (Å²) < 4.78 is 15.8. The van der Waals surface area contributed by atoms with Crippen molar-refractivity contribution < 1.29 is 24.1 Å². The predicted molar refractivity (Wildman–Crippen MR) is 122 cm³/mol. The first kappa shape index (κ1) is 28.2. The number of hydrogen-bond donors (Lipinski definition) is 3. The van der Waals surface area contributed by atoms with Gasteiger partial charge in [0.1, 0.15) is 0 Å². The molecule has 7 heteroatoms. The fraction of sp³-hybridized carbons (Fsp3) is 0.696. The monoisotopic (exact) mass is 426 g/mol. The average Bonchev–Trinajstić information content (AvgIpc) is 2.71. The van der Waals surface area contributed by atoms with E-state index in [0.717, 1.165) is 19.4 Å². The Labute approximate surface area is 182 Å². The third kappa shape index (κ3) is 12.7. The second-order valence-corrected chi connectivity index (χ2v) is 7.24. The number of ether oxygens (including phenoxy) is 3. The number of carbonyl (C=O) groups excluding carboxylic acids is 1. The average molecular weight is 427 g/mol. The number of benzene rings is 1. The number of carbonyl (C=O) groups is 1. The molecule has 0 saturated heterocycles. The molecule has 1 amide bonds. The number of hydrogen-bond acceptors (Lipinski definition) is 6. The van der Waals surface area contributed by atoms with Crippen molar-refractivity contribution in [3.63, 3.8) is 0 Å². The van der Waals surface area contributed by atoms with E-state index in [2.05, 4.69) is 24.5 Å². The van der Waals surface area contributed by atoms with Crippen LogP contribution in [0.15, 0.2) is 18.2 Å². The van der Waals surface area contributed by atoms with Crippen molar-refractivity contribution >= 4 is 5.91 Å². The van der Waals surface area contributed by atoms with Crippen molar-refractivity contribution in [2.45, 2.75) is 65.5 Å². The Bertz CT molecular complexity index is 552. The van der Waals surface area contributed by atoms with Crippen LogP contribution in [0.1, 0.15) is 63.7 Å². The van der Waals surface area contributed by atoms with Gasteiger partial charge in [-0.2, -0.15) is 0 Å². The van der Waals surface area contributed by atoms with E-state index in [-0.39, 0.29) is 11.9 Å². The second kappa shape index (κ2) is 18.0. The number of methoxy groups -OCH3 is 2. The highest BCUT2D eigenvalue weighted by molar-refractivity contribution is 5.95. The van der Waals surface area contributed by atoms with Crippen LogP contribution in [0.2, 0.25) is 0 Å². The van der Waals surface area contributed by atoms with Gasteiger partial charge in [0.25, 0.3) is 5.91 Å². The van der Waals surface area contributed by atoms with Gasteiger partial charge in [-0.1, -0.05) is 20.3 Å². The van der Waals surface area contributed by atoms with Crippen molar-refractivity contribution in [2.75, 3.05) is 40.6 Å². The number of amides is 1. The molecule has 0 bridgehead atoms. The molecule has 3 N–H and O–H groups in total. The van der Waals surface area contributed by atoms with Gasteiger partial charge in [-0.05, 0) is 51.4 Å². The molecule has 1 rings (SSSR count). The molecule has 0 aliphatic rings. The van der Waals surface area contributed by atoms with Crippen molar-refractivity contribution in [2.24, 2.45) is 0 Å². The minimum absolute atomic E-state index is 0.0932. The molecule has 1 aromatic carbocycles. The zero-order chi connectivity index (χ0) is 22.8. The molecule has 0 heterocycles. The van der Waals surface area contributed by atoms with Crippen LogP contribution in [0.4, 0.5) is 0 Å². The highest BCUT2D eigenvalue weighted by Crippen LogP contribution is 2.28. The largest absolute Gasteiger partial charge is 0.493 e. The smallest absolute Gasteiger partial charge is 0.251 e. The normalized spacial score (nSPS) is 11.5. The maximum Gasteiger partial charge on any atom is 0.251 e. The van der Waals surface area contributed by atoms with E-state index in [1.807, 2.05) is 13.8 Å². The van der Waals surface area contributed by atoms with E-state index < -0.39 is 0 Å². The molecule has 0 spiro atoms. The van der Waals surface area contributed by atoms with Crippen LogP contribution < -0.4 is 20.1 Å². The van der Waals surface area contributed by atoms with E-state index in [1.54, 1.807) is 32.4 Å². The summed E-state index contributed by atoms with van der Waals surface area (Å²) in [5.74, 6) is 1.06. The second-order valence-electron chi connectivity index (χ2n) is 7.24. The Morgan fingerprint density at radius 2 is 1.83 bits per heavy atom. The van der Waals surface area contributed by atoms with E-state index in [4.69, 9.17) is 19.3 Å². The fourth-order valence-electron chi connectivity index (χ4n) is 2.80. The lowest BCUT2D eigenvalue weighted by Crippen LogP contribution is -2.30. The van der Waals surface area contributed by atoms with Crippen molar-refractivity contribution in [1.82, 2.24) is 10.6 Å². The molecule has 7 nitrogen and oxygen atoms in total. The highest BCUT2D eigenvalue weighted by atomic mass is 16.5. The summed E-state index contributed by atoms with van der Waals surface area (Å²) in [5, 5.41) is 14.8. The zero-order valence-electron chi connectivity index (χ0n) is 19.6. The van der Waals surface area contributed by atoms with Crippen LogP contribution >= 0.6 is 0 Å². The van der Waals surface area contributed by atoms with Crippen LogP contribution in [0, 0.1) is 0 Å². The zero-order valence-corrected chi connectivity index (χ0v) is 19.6. The van der Waals surface area contributed by atoms with E-state index in [9.17, 15) is 4.79 Å². The summed E-state index contributed by atoms with van der Waals surface area (Å²) in [7, 11) is 3.22. The number of rotatable bonds is 14. The Kier molecular flexibility index (Phi) is 16.9.